The van der Waals surface area contributed by atoms with Crippen LogP contribution >= 0.6 is 0 Å². The van der Waals surface area contributed by atoms with Crippen LogP contribution in [-0.2, 0) is 16.0 Å². The molecule has 9 heteroatoms. The number of hydrogen-bond acceptors (Lipinski definition) is 5. The lowest BCUT2D eigenvalue weighted by Gasteiger charge is -2.33. The number of alkyl halides is 3. The average molecular weight is 410 g/mol. The molecule has 2 aliphatic rings. The lowest BCUT2D eigenvalue weighted by Crippen LogP contribution is -2.45. The minimum absolute atomic E-state index is 0.154. The molecule has 2 saturated carbocycles. The van der Waals surface area contributed by atoms with Gasteiger partial charge in [-0.2, -0.15) is 5.26 Å². The molecule has 0 aromatic heterocycles. The maximum atomic E-state index is 12.8. The molecule has 2 fully saturated rings. The molecule has 0 bridgehead atoms. The maximum absolute atomic E-state index is 12.8. The smallest absolute Gasteiger partial charge is 0.481 e. The van der Waals surface area contributed by atoms with Crippen molar-refractivity contribution in [2.24, 2.45) is 34.3 Å². The van der Waals surface area contributed by atoms with E-state index in [-0.39, 0.29) is 18.1 Å². The van der Waals surface area contributed by atoms with E-state index in [2.05, 4.69) is 10.8 Å². The Balaban J connectivity index is 1.93. The van der Waals surface area contributed by atoms with Gasteiger partial charge in [0, 0.05) is 5.92 Å². The second kappa shape index (κ2) is 7.02. The summed E-state index contributed by atoms with van der Waals surface area (Å²) < 4.78 is 41.4. The molecule has 0 radical (unpaired) electrons. The van der Waals surface area contributed by atoms with Crippen LogP contribution in [0.3, 0.4) is 0 Å². The Morgan fingerprint density at radius 3 is 2.62 bits per heavy atom. The third-order valence-corrected chi connectivity index (χ3v) is 6.61. The Labute approximate surface area is 165 Å². The zero-order valence-electron chi connectivity index (χ0n) is 15.7. The molecule has 0 spiro atoms. The number of Topliss-reactive ketones (excluding diaryl/α,β-unsaturated/α-hetero) is 1. The quantitative estimate of drug-likeness (QED) is 0.715. The first kappa shape index (κ1) is 21.1. The van der Waals surface area contributed by atoms with Crippen molar-refractivity contribution < 1.29 is 32.6 Å². The Morgan fingerprint density at radius 1 is 1.41 bits per heavy atom. The van der Waals surface area contributed by atoms with Gasteiger partial charge in [-0.25, -0.2) is 0 Å². The molecular formula is C20H21F3N2O4. The first-order valence-electron chi connectivity index (χ1n) is 9.29. The Bertz CT molecular complexity index is 881. The molecule has 3 rings (SSSR count). The van der Waals surface area contributed by atoms with Crippen LogP contribution in [0, 0.1) is 39.9 Å². The summed E-state index contributed by atoms with van der Waals surface area (Å²) in [7, 11) is 0. The lowest BCUT2D eigenvalue weighted by atomic mass is 9.65. The number of fused-ring (bicyclic) bond motifs is 1. The summed E-state index contributed by atoms with van der Waals surface area (Å²) in [6.07, 6.45) is -4.06. The van der Waals surface area contributed by atoms with Crippen LogP contribution in [0.15, 0.2) is 24.3 Å². The summed E-state index contributed by atoms with van der Waals surface area (Å²) in [5.74, 6) is -3.44. The fraction of sp³-hybridized carbons (Fsp3) is 0.550. The number of benzene rings is 1. The van der Waals surface area contributed by atoms with E-state index in [1.807, 2.05) is 0 Å². The van der Waals surface area contributed by atoms with Crippen LogP contribution < -0.4 is 10.5 Å². The Hall–Kier alpha value is -2.60. The van der Waals surface area contributed by atoms with Gasteiger partial charge in [-0.05, 0) is 48.8 Å². The summed E-state index contributed by atoms with van der Waals surface area (Å²) in [6.45, 7) is 1.32. The van der Waals surface area contributed by atoms with E-state index in [1.165, 1.54) is 12.1 Å². The predicted octanol–water partition coefficient (Wildman–Crippen LogP) is 2.91. The minimum Gasteiger partial charge on any atom is -0.481 e. The van der Waals surface area contributed by atoms with Gasteiger partial charge in [-0.1, -0.05) is 19.1 Å². The maximum Gasteiger partial charge on any atom is 0.573 e. The zero-order chi connectivity index (χ0) is 21.6. The van der Waals surface area contributed by atoms with E-state index < -0.39 is 47.3 Å². The molecule has 5 atom stereocenters. The number of hydrogen-bond donors (Lipinski definition) is 2. The van der Waals surface area contributed by atoms with Gasteiger partial charge in [0.15, 0.2) is 5.78 Å². The lowest BCUT2D eigenvalue weighted by molar-refractivity contribution is -0.274. The van der Waals surface area contributed by atoms with E-state index in [1.54, 1.807) is 13.0 Å². The molecule has 3 N–H and O–H groups in total. The molecule has 2 aliphatic carbocycles. The number of nitrogens with two attached hydrogens (primary N) is 1. The summed E-state index contributed by atoms with van der Waals surface area (Å²) in [6, 6.07) is 7.46. The van der Waals surface area contributed by atoms with Gasteiger partial charge in [0.05, 0.1) is 18.0 Å². The van der Waals surface area contributed by atoms with Crippen LogP contribution in [0.1, 0.15) is 25.3 Å². The largest absolute Gasteiger partial charge is 0.573 e. The monoisotopic (exact) mass is 410 g/mol. The molecule has 1 aromatic carbocycles. The van der Waals surface area contributed by atoms with E-state index >= 15 is 0 Å². The second-order valence-corrected chi connectivity index (χ2v) is 7.72. The van der Waals surface area contributed by atoms with Crippen molar-refractivity contribution in [3.63, 3.8) is 0 Å². The van der Waals surface area contributed by atoms with Crippen molar-refractivity contribution in [2.75, 3.05) is 6.54 Å². The number of aliphatic carboxylic acids is 1. The van der Waals surface area contributed by atoms with E-state index in [0.29, 0.717) is 18.4 Å². The molecule has 0 saturated heterocycles. The summed E-state index contributed by atoms with van der Waals surface area (Å²) in [5.41, 5.74) is 3.34. The van der Waals surface area contributed by atoms with Gasteiger partial charge in [0.25, 0.3) is 0 Å². The molecule has 5 unspecified atom stereocenters. The van der Waals surface area contributed by atoms with Gasteiger partial charge in [0.2, 0.25) is 0 Å². The van der Waals surface area contributed by atoms with Gasteiger partial charge in [-0.3, -0.25) is 9.59 Å². The number of carbonyl (C=O) groups is 2. The number of carboxylic acid groups (broad SMARTS) is 1. The van der Waals surface area contributed by atoms with Crippen LogP contribution in [0.4, 0.5) is 13.2 Å². The number of nitriles is 1. The van der Waals surface area contributed by atoms with Gasteiger partial charge >= 0.3 is 12.3 Å². The standard InChI is InChI=1S/C20H21F3N2O4/c1-2-18(17(27)28)14-8-12(19(10-25,16(14)18)15(26)9-24)6-11-4-3-5-13(7-11)29-20(21,22)23/h3-5,7,12,14,16H,2,6,8-9,24H2,1H3,(H,27,28). The van der Waals surface area contributed by atoms with Crippen LogP contribution in [0.2, 0.25) is 0 Å². The number of rotatable bonds is 7. The number of ketones is 1. The SMILES string of the molecule is CCC1(C(=O)O)C2CC(Cc3cccc(OC(F)(F)F)c3)C(C#N)(C(=O)CN)C21. The van der Waals surface area contributed by atoms with Gasteiger partial charge < -0.3 is 15.6 Å². The minimum atomic E-state index is -4.83. The number of ether oxygens (including phenoxy) is 1. The van der Waals surface area contributed by atoms with E-state index in [4.69, 9.17) is 5.73 Å². The highest BCUT2D eigenvalue weighted by atomic mass is 19.4. The Morgan fingerprint density at radius 2 is 2.10 bits per heavy atom. The first-order valence-corrected chi connectivity index (χ1v) is 9.29. The fourth-order valence-corrected chi connectivity index (χ4v) is 5.45. The highest BCUT2D eigenvalue weighted by Crippen LogP contribution is 2.77. The van der Waals surface area contributed by atoms with Crippen molar-refractivity contribution in [2.45, 2.75) is 32.5 Å². The van der Waals surface area contributed by atoms with E-state index in [9.17, 15) is 33.1 Å². The molecule has 0 aliphatic heterocycles. The normalized spacial score (nSPS) is 32.9. The van der Waals surface area contributed by atoms with Gasteiger partial charge in [-0.15, -0.1) is 13.2 Å². The Kier molecular flexibility index (Phi) is 5.11. The van der Waals surface area contributed by atoms with Crippen LogP contribution in [0.5, 0.6) is 5.75 Å². The second-order valence-electron chi connectivity index (χ2n) is 7.72. The van der Waals surface area contributed by atoms with Crippen LogP contribution in [-0.4, -0.2) is 29.8 Å². The van der Waals surface area contributed by atoms with Gasteiger partial charge in [0.1, 0.15) is 11.2 Å². The highest BCUT2D eigenvalue weighted by molar-refractivity contribution is 5.94. The zero-order valence-corrected chi connectivity index (χ0v) is 15.7. The summed E-state index contributed by atoms with van der Waals surface area (Å²) >= 11 is 0. The number of carbonyl (C=O) groups excluding carboxylic acids is 1. The van der Waals surface area contributed by atoms with Crippen molar-refractivity contribution in [1.29, 1.82) is 5.26 Å². The van der Waals surface area contributed by atoms with Crippen molar-refractivity contribution in [3.05, 3.63) is 29.8 Å². The molecule has 1 aromatic rings. The highest BCUT2D eigenvalue weighted by Gasteiger charge is 2.82. The molecule has 0 heterocycles. The van der Waals surface area contributed by atoms with Crippen LogP contribution in [0.25, 0.3) is 0 Å². The third-order valence-electron chi connectivity index (χ3n) is 6.61. The van der Waals surface area contributed by atoms with Crippen molar-refractivity contribution in [1.82, 2.24) is 0 Å². The third kappa shape index (κ3) is 3.15. The fourth-order valence-electron chi connectivity index (χ4n) is 5.45. The van der Waals surface area contributed by atoms with Crippen molar-refractivity contribution in [3.8, 4) is 11.8 Å². The molecule has 0 amide bonds. The topological polar surface area (TPSA) is 113 Å². The predicted molar refractivity (Wildman–Crippen MR) is 94.4 cm³/mol. The number of carboxylic acids is 1. The molecule has 156 valence electrons. The molecular weight excluding hydrogens is 389 g/mol. The van der Waals surface area contributed by atoms with Crippen molar-refractivity contribution >= 4 is 11.8 Å². The molecule has 29 heavy (non-hydrogen) atoms. The summed E-state index contributed by atoms with van der Waals surface area (Å²) in [4.78, 5) is 24.7. The number of nitrogens with zero attached hydrogens (tertiary/aromatic N) is 1. The first-order chi connectivity index (χ1) is 13.6. The average Bonchev–Trinajstić information content (AvgIpc) is 3.18. The van der Waals surface area contributed by atoms with E-state index in [0.717, 1.165) is 6.07 Å². The molecule has 6 nitrogen and oxygen atoms in total. The summed E-state index contributed by atoms with van der Waals surface area (Å²) in [5, 5.41) is 19.7. The number of halogens is 3.